The van der Waals surface area contributed by atoms with Crippen molar-refractivity contribution in [2.45, 2.75) is 6.92 Å². The maximum absolute atomic E-state index is 12.9. The summed E-state index contributed by atoms with van der Waals surface area (Å²) >= 11 is 0. The molecular formula is C22H15NO3. The summed E-state index contributed by atoms with van der Waals surface area (Å²) in [4.78, 5) is 30.3. The van der Waals surface area contributed by atoms with Crippen molar-refractivity contribution in [1.82, 2.24) is 0 Å². The second kappa shape index (κ2) is 6.41. The van der Waals surface area contributed by atoms with E-state index < -0.39 is 5.97 Å². The third kappa shape index (κ3) is 2.62. The molecule has 0 aliphatic heterocycles. The Labute approximate surface area is 150 Å². The fraction of sp³-hybridized carbons (Fsp3) is 0.0455. The van der Waals surface area contributed by atoms with Gasteiger partial charge in [0, 0.05) is 11.1 Å². The number of ketones is 1. The van der Waals surface area contributed by atoms with E-state index in [0.717, 1.165) is 16.7 Å². The molecule has 0 aromatic heterocycles. The Hall–Kier alpha value is -3.53. The maximum atomic E-state index is 12.9. The largest absolute Gasteiger partial charge is 0.366 e. The Morgan fingerprint density at radius 1 is 0.769 bits per heavy atom. The van der Waals surface area contributed by atoms with Crippen molar-refractivity contribution in [3.05, 3.63) is 95.1 Å². The van der Waals surface area contributed by atoms with Crippen molar-refractivity contribution in [2.75, 3.05) is 0 Å². The Bertz CT molecular complexity index is 1070. The Balaban J connectivity index is 1.75. The first-order valence-corrected chi connectivity index (χ1v) is 8.25. The average Bonchev–Trinajstić information content (AvgIpc) is 2.68. The van der Waals surface area contributed by atoms with Crippen LogP contribution in [0.2, 0.25) is 0 Å². The van der Waals surface area contributed by atoms with Crippen molar-refractivity contribution in [3.63, 3.8) is 0 Å². The van der Waals surface area contributed by atoms with Crippen molar-refractivity contribution >= 4 is 17.5 Å². The minimum Gasteiger partial charge on any atom is -0.312 e. The first-order chi connectivity index (χ1) is 12.7. The van der Waals surface area contributed by atoms with Crippen molar-refractivity contribution in [1.29, 1.82) is 0 Å². The quantitative estimate of drug-likeness (QED) is 0.512. The summed E-state index contributed by atoms with van der Waals surface area (Å²) < 4.78 is 0. The molecule has 0 saturated carbocycles. The molecule has 0 atom stereocenters. The predicted octanol–water partition coefficient (Wildman–Crippen LogP) is 4.42. The number of rotatable bonds is 2. The molecule has 0 spiro atoms. The molecule has 3 aromatic carbocycles. The zero-order chi connectivity index (χ0) is 18.1. The fourth-order valence-electron chi connectivity index (χ4n) is 3.12. The lowest BCUT2D eigenvalue weighted by Crippen LogP contribution is -2.23. The van der Waals surface area contributed by atoms with Crippen LogP contribution in [-0.2, 0) is 4.84 Å². The van der Waals surface area contributed by atoms with Crippen LogP contribution in [0.4, 0.5) is 0 Å². The minimum atomic E-state index is -0.584. The zero-order valence-electron chi connectivity index (χ0n) is 14.1. The van der Waals surface area contributed by atoms with Gasteiger partial charge in [-0.15, -0.1) is 0 Å². The molecule has 1 aliphatic rings. The SMILES string of the molecule is Cc1ccccc1C(=O)ON=C1C(=O)c2ccccc2-c2ccccc21. The topological polar surface area (TPSA) is 55.7 Å². The summed E-state index contributed by atoms with van der Waals surface area (Å²) in [6.07, 6.45) is 0. The molecule has 0 N–H and O–H groups in total. The van der Waals surface area contributed by atoms with Gasteiger partial charge in [0.1, 0.15) is 0 Å². The van der Waals surface area contributed by atoms with Crippen LogP contribution in [0.1, 0.15) is 31.8 Å². The molecule has 0 fully saturated rings. The lowest BCUT2D eigenvalue weighted by atomic mass is 9.83. The fourth-order valence-corrected chi connectivity index (χ4v) is 3.12. The number of benzene rings is 3. The molecule has 126 valence electrons. The van der Waals surface area contributed by atoms with Gasteiger partial charge in [-0.2, -0.15) is 0 Å². The van der Waals surface area contributed by atoms with Crippen molar-refractivity contribution < 1.29 is 14.4 Å². The second-order valence-electron chi connectivity index (χ2n) is 6.05. The predicted molar refractivity (Wildman–Crippen MR) is 99.3 cm³/mol. The minimum absolute atomic E-state index is 0.140. The molecule has 0 heterocycles. The number of hydrogen-bond acceptors (Lipinski definition) is 4. The number of oxime groups is 1. The Morgan fingerprint density at radius 2 is 1.31 bits per heavy atom. The first-order valence-electron chi connectivity index (χ1n) is 8.25. The number of nitrogens with zero attached hydrogens (tertiary/aromatic N) is 1. The van der Waals surface area contributed by atoms with Gasteiger partial charge in [0.25, 0.3) is 0 Å². The molecule has 4 heteroatoms. The molecule has 0 amide bonds. The number of hydrogen-bond donors (Lipinski definition) is 0. The molecule has 4 nitrogen and oxygen atoms in total. The van der Waals surface area contributed by atoms with E-state index in [1.165, 1.54) is 0 Å². The lowest BCUT2D eigenvalue weighted by Gasteiger charge is -2.19. The summed E-state index contributed by atoms with van der Waals surface area (Å²) in [5.41, 5.74) is 4.32. The van der Waals surface area contributed by atoms with Gasteiger partial charge in [0.05, 0.1) is 5.56 Å². The van der Waals surface area contributed by atoms with Crippen molar-refractivity contribution in [2.24, 2.45) is 5.16 Å². The molecule has 26 heavy (non-hydrogen) atoms. The third-order valence-electron chi connectivity index (χ3n) is 4.44. The van der Waals surface area contributed by atoms with E-state index in [1.807, 2.05) is 61.5 Å². The van der Waals surface area contributed by atoms with E-state index in [4.69, 9.17) is 4.84 Å². The molecule has 0 bridgehead atoms. The maximum Gasteiger partial charge on any atom is 0.366 e. The van der Waals surface area contributed by atoms with E-state index in [9.17, 15) is 9.59 Å². The summed E-state index contributed by atoms with van der Waals surface area (Å²) in [7, 11) is 0. The zero-order valence-corrected chi connectivity index (χ0v) is 14.1. The van der Waals surface area contributed by atoms with Crippen LogP contribution in [0, 0.1) is 6.92 Å². The van der Waals surface area contributed by atoms with Crippen LogP contribution in [-0.4, -0.2) is 17.5 Å². The van der Waals surface area contributed by atoms with E-state index in [-0.39, 0.29) is 11.5 Å². The second-order valence-corrected chi connectivity index (χ2v) is 6.05. The van der Waals surface area contributed by atoms with E-state index in [0.29, 0.717) is 16.7 Å². The smallest absolute Gasteiger partial charge is 0.312 e. The van der Waals surface area contributed by atoms with Gasteiger partial charge < -0.3 is 4.84 Å². The van der Waals surface area contributed by atoms with Crippen LogP contribution in [0.15, 0.2) is 78.0 Å². The van der Waals surface area contributed by atoms with E-state index in [2.05, 4.69) is 5.16 Å². The number of Topliss-reactive ketones (excluding diaryl/α,β-unsaturated/α-hetero) is 1. The van der Waals surface area contributed by atoms with E-state index in [1.54, 1.807) is 18.2 Å². The highest BCUT2D eigenvalue weighted by Crippen LogP contribution is 2.33. The molecular weight excluding hydrogens is 326 g/mol. The van der Waals surface area contributed by atoms with Crippen LogP contribution < -0.4 is 0 Å². The summed E-state index contributed by atoms with van der Waals surface area (Å²) in [5, 5.41) is 3.94. The summed E-state index contributed by atoms with van der Waals surface area (Å²) in [6.45, 7) is 1.82. The average molecular weight is 341 g/mol. The lowest BCUT2D eigenvalue weighted by molar-refractivity contribution is 0.0515. The van der Waals surface area contributed by atoms with Crippen LogP contribution in [0.3, 0.4) is 0 Å². The first kappa shape index (κ1) is 16.0. The van der Waals surface area contributed by atoms with Crippen LogP contribution in [0.5, 0.6) is 0 Å². The van der Waals surface area contributed by atoms with Gasteiger partial charge in [0.15, 0.2) is 5.71 Å². The highest BCUT2D eigenvalue weighted by Gasteiger charge is 2.29. The highest BCUT2D eigenvalue weighted by atomic mass is 16.7. The Morgan fingerprint density at radius 3 is 2.00 bits per heavy atom. The van der Waals surface area contributed by atoms with E-state index >= 15 is 0 Å². The Kier molecular flexibility index (Phi) is 3.93. The van der Waals surface area contributed by atoms with Gasteiger partial charge in [-0.25, -0.2) is 4.79 Å². The molecule has 3 aromatic rings. The molecule has 1 aliphatic carbocycles. The van der Waals surface area contributed by atoms with Gasteiger partial charge in [-0.05, 0) is 29.7 Å². The van der Waals surface area contributed by atoms with Crippen LogP contribution >= 0.6 is 0 Å². The van der Waals surface area contributed by atoms with Crippen molar-refractivity contribution in [3.8, 4) is 11.1 Å². The van der Waals surface area contributed by atoms with Crippen LogP contribution in [0.25, 0.3) is 11.1 Å². The number of carbonyl (C=O) groups excluding carboxylic acids is 2. The standard InChI is InChI=1S/C22H15NO3/c1-14-8-2-3-9-15(14)22(25)26-23-20-18-12-6-4-10-16(18)17-11-5-7-13-19(17)21(20)24/h2-13H,1H3. The number of fused-ring (bicyclic) bond motifs is 3. The summed E-state index contributed by atoms with van der Waals surface area (Å²) in [6, 6.07) is 21.9. The number of aryl methyl sites for hydroxylation is 1. The third-order valence-corrected chi connectivity index (χ3v) is 4.44. The molecule has 4 rings (SSSR count). The number of carbonyl (C=O) groups is 2. The van der Waals surface area contributed by atoms with Gasteiger partial charge in [-0.1, -0.05) is 71.9 Å². The summed E-state index contributed by atoms with van der Waals surface area (Å²) in [5.74, 6) is -0.836. The molecule has 0 saturated heterocycles. The normalized spacial score (nSPS) is 13.9. The van der Waals surface area contributed by atoms with Gasteiger partial charge in [0.2, 0.25) is 5.78 Å². The molecule has 0 radical (unpaired) electrons. The molecule has 0 unspecified atom stereocenters. The highest BCUT2D eigenvalue weighted by molar-refractivity contribution is 6.54. The van der Waals surface area contributed by atoms with Gasteiger partial charge in [-0.3, -0.25) is 4.79 Å². The van der Waals surface area contributed by atoms with Gasteiger partial charge >= 0.3 is 5.97 Å². The monoisotopic (exact) mass is 341 g/mol.